The van der Waals surface area contributed by atoms with Gasteiger partial charge >= 0.3 is 0 Å². The Morgan fingerprint density at radius 2 is 2.03 bits per heavy atom. The van der Waals surface area contributed by atoms with Gasteiger partial charge in [0.2, 0.25) is 5.91 Å². The third-order valence-electron chi connectivity index (χ3n) is 6.23. The van der Waals surface area contributed by atoms with Crippen molar-refractivity contribution >= 4 is 16.9 Å². The quantitative estimate of drug-likeness (QED) is 0.742. The molecule has 3 unspecified atom stereocenters. The van der Waals surface area contributed by atoms with Crippen molar-refractivity contribution in [3.8, 4) is 11.5 Å². The van der Waals surface area contributed by atoms with Crippen molar-refractivity contribution in [2.45, 2.75) is 18.4 Å². The average molecular weight is 394 g/mol. The first kappa shape index (κ1) is 18.1. The van der Waals surface area contributed by atoms with Crippen LogP contribution in [0.5, 0.6) is 11.5 Å². The minimum Gasteiger partial charge on any atom is -0.452 e. The largest absolute Gasteiger partial charge is 0.452 e. The van der Waals surface area contributed by atoms with Crippen LogP contribution < -0.4 is 10.1 Å². The van der Waals surface area contributed by atoms with E-state index in [9.17, 15) is 9.18 Å². The zero-order chi connectivity index (χ0) is 20.1. The summed E-state index contributed by atoms with van der Waals surface area (Å²) in [4.78, 5) is 18.9. The van der Waals surface area contributed by atoms with Gasteiger partial charge in [0.25, 0.3) is 0 Å². The number of ether oxygens (including phenoxy) is 1. The maximum absolute atomic E-state index is 14.4. The first-order valence-electron chi connectivity index (χ1n) is 9.89. The van der Waals surface area contributed by atoms with E-state index in [1.54, 1.807) is 29.4 Å². The molecule has 29 heavy (non-hydrogen) atoms. The van der Waals surface area contributed by atoms with Crippen LogP contribution in [0.3, 0.4) is 0 Å². The SMILES string of the molecule is CN1CC(c2ccc3c(ncn3C)c2Oc2ccccc2F)C2CCNC2C1=O. The van der Waals surface area contributed by atoms with E-state index >= 15 is 0 Å². The molecule has 0 saturated carbocycles. The number of aromatic nitrogens is 2. The molecule has 6 nitrogen and oxygen atoms in total. The summed E-state index contributed by atoms with van der Waals surface area (Å²) in [6.07, 6.45) is 2.66. The van der Waals surface area contributed by atoms with Crippen LogP contribution >= 0.6 is 0 Å². The van der Waals surface area contributed by atoms with Crippen LogP contribution in [0.2, 0.25) is 0 Å². The molecule has 2 saturated heterocycles. The molecule has 2 aromatic carbocycles. The number of benzene rings is 2. The minimum atomic E-state index is -0.414. The van der Waals surface area contributed by atoms with E-state index in [0.717, 1.165) is 24.0 Å². The predicted octanol–water partition coefficient (Wildman–Crippen LogP) is 3.04. The number of carbonyl (C=O) groups is 1. The molecule has 0 spiro atoms. The maximum Gasteiger partial charge on any atom is 0.239 e. The molecular weight excluding hydrogens is 371 g/mol. The number of piperidine rings is 1. The molecular formula is C22H23FN4O2. The summed E-state index contributed by atoms with van der Waals surface area (Å²) < 4.78 is 22.4. The summed E-state index contributed by atoms with van der Waals surface area (Å²) in [5.74, 6) is 0.746. The predicted molar refractivity (Wildman–Crippen MR) is 107 cm³/mol. The molecule has 5 rings (SSSR count). The van der Waals surface area contributed by atoms with Gasteiger partial charge < -0.3 is 19.5 Å². The number of likely N-dealkylation sites (N-methyl/N-ethyl adjacent to an activating group) is 1. The fourth-order valence-corrected chi connectivity index (χ4v) is 4.74. The zero-order valence-electron chi connectivity index (χ0n) is 16.4. The molecule has 1 N–H and O–H groups in total. The summed E-state index contributed by atoms with van der Waals surface area (Å²) in [6.45, 7) is 1.43. The van der Waals surface area contributed by atoms with Crippen molar-refractivity contribution in [2.24, 2.45) is 13.0 Å². The zero-order valence-corrected chi connectivity index (χ0v) is 16.4. The number of rotatable bonds is 3. The minimum absolute atomic E-state index is 0.0888. The van der Waals surface area contributed by atoms with Crippen LogP contribution in [0.4, 0.5) is 4.39 Å². The maximum atomic E-state index is 14.4. The Morgan fingerprint density at radius 1 is 1.21 bits per heavy atom. The molecule has 1 amide bonds. The van der Waals surface area contributed by atoms with Crippen molar-refractivity contribution < 1.29 is 13.9 Å². The van der Waals surface area contributed by atoms with Gasteiger partial charge in [-0.1, -0.05) is 18.2 Å². The average Bonchev–Trinajstić information content (AvgIpc) is 3.35. The van der Waals surface area contributed by atoms with E-state index in [1.807, 2.05) is 30.8 Å². The number of carbonyl (C=O) groups excluding carboxylic acids is 1. The number of hydrogen-bond acceptors (Lipinski definition) is 4. The van der Waals surface area contributed by atoms with Crippen LogP contribution in [-0.4, -0.2) is 46.5 Å². The first-order chi connectivity index (χ1) is 14.0. The Balaban J connectivity index is 1.65. The number of halogens is 1. The van der Waals surface area contributed by atoms with Crippen molar-refractivity contribution in [3.63, 3.8) is 0 Å². The highest BCUT2D eigenvalue weighted by molar-refractivity contribution is 5.86. The van der Waals surface area contributed by atoms with Gasteiger partial charge in [-0.05, 0) is 37.1 Å². The second-order valence-electron chi connectivity index (χ2n) is 7.95. The molecule has 2 aliphatic heterocycles. The Labute approximate surface area is 168 Å². The lowest BCUT2D eigenvalue weighted by Gasteiger charge is -2.39. The Bertz CT molecular complexity index is 1100. The molecule has 0 bridgehead atoms. The molecule has 3 aromatic rings. The summed E-state index contributed by atoms with van der Waals surface area (Å²) in [5.41, 5.74) is 2.59. The number of imidazole rings is 1. The van der Waals surface area contributed by atoms with Crippen molar-refractivity contribution in [1.29, 1.82) is 0 Å². The normalized spacial score (nSPS) is 24.2. The van der Waals surface area contributed by atoms with Gasteiger partial charge in [-0.25, -0.2) is 9.37 Å². The summed E-state index contributed by atoms with van der Waals surface area (Å²) in [7, 11) is 3.76. The molecule has 2 fully saturated rings. The lowest BCUT2D eigenvalue weighted by atomic mass is 9.77. The molecule has 1 aromatic heterocycles. The van der Waals surface area contributed by atoms with Gasteiger partial charge in [-0.3, -0.25) is 4.79 Å². The number of amides is 1. The highest BCUT2D eigenvalue weighted by atomic mass is 19.1. The number of nitrogens with zero attached hydrogens (tertiary/aromatic N) is 3. The van der Waals surface area contributed by atoms with Gasteiger partial charge in [0, 0.05) is 32.1 Å². The van der Waals surface area contributed by atoms with Crippen molar-refractivity contribution in [3.05, 3.63) is 54.1 Å². The number of hydrogen-bond donors (Lipinski definition) is 1. The van der Waals surface area contributed by atoms with Crippen molar-refractivity contribution in [1.82, 2.24) is 19.8 Å². The number of aryl methyl sites for hydroxylation is 1. The van der Waals surface area contributed by atoms with E-state index in [0.29, 0.717) is 17.8 Å². The lowest BCUT2D eigenvalue weighted by Crippen LogP contribution is -2.52. The van der Waals surface area contributed by atoms with Crippen LogP contribution in [0.25, 0.3) is 11.0 Å². The van der Waals surface area contributed by atoms with E-state index in [1.165, 1.54) is 6.07 Å². The monoisotopic (exact) mass is 394 g/mol. The highest BCUT2D eigenvalue weighted by Gasteiger charge is 2.45. The van der Waals surface area contributed by atoms with Crippen LogP contribution in [0.15, 0.2) is 42.7 Å². The van der Waals surface area contributed by atoms with Gasteiger partial charge in [0.15, 0.2) is 17.3 Å². The number of likely N-dealkylation sites (tertiary alicyclic amines) is 1. The number of fused-ring (bicyclic) bond motifs is 2. The number of nitrogens with one attached hydrogen (secondary N) is 1. The van der Waals surface area contributed by atoms with E-state index < -0.39 is 5.82 Å². The van der Waals surface area contributed by atoms with Crippen molar-refractivity contribution in [2.75, 3.05) is 20.1 Å². The standard InChI is InChI=1S/C22H23FN4O2/c1-26-11-15(13-9-10-24-19(13)22(26)28)14-7-8-17-20(25-12-27(17)2)21(14)29-18-6-4-3-5-16(18)23/h3-8,12-13,15,19,24H,9-11H2,1-2H3. The van der Waals surface area contributed by atoms with Crippen LogP contribution in [0.1, 0.15) is 17.9 Å². The Morgan fingerprint density at radius 3 is 2.86 bits per heavy atom. The van der Waals surface area contributed by atoms with E-state index in [2.05, 4.69) is 10.3 Å². The van der Waals surface area contributed by atoms with Crippen LogP contribution in [0, 0.1) is 11.7 Å². The summed E-state index contributed by atoms with van der Waals surface area (Å²) in [5, 5.41) is 3.35. The summed E-state index contributed by atoms with van der Waals surface area (Å²) >= 11 is 0. The van der Waals surface area contributed by atoms with Gasteiger partial charge in [0.05, 0.1) is 17.9 Å². The van der Waals surface area contributed by atoms with Gasteiger partial charge in [0.1, 0.15) is 5.52 Å². The molecule has 7 heteroatoms. The highest BCUT2D eigenvalue weighted by Crippen LogP contribution is 2.44. The second kappa shape index (κ2) is 6.84. The molecule has 150 valence electrons. The van der Waals surface area contributed by atoms with Crippen LogP contribution in [-0.2, 0) is 11.8 Å². The summed E-state index contributed by atoms with van der Waals surface area (Å²) in [6, 6.07) is 10.3. The van der Waals surface area contributed by atoms with Gasteiger partial charge in [-0.2, -0.15) is 0 Å². The molecule has 3 atom stereocenters. The Kier molecular flexibility index (Phi) is 4.28. The lowest BCUT2D eigenvalue weighted by molar-refractivity contribution is -0.136. The van der Waals surface area contributed by atoms with E-state index in [-0.39, 0.29) is 29.5 Å². The molecule has 0 radical (unpaired) electrons. The fraction of sp³-hybridized carbons (Fsp3) is 0.364. The first-order valence-corrected chi connectivity index (χ1v) is 9.89. The third kappa shape index (κ3) is 2.88. The molecule has 3 heterocycles. The van der Waals surface area contributed by atoms with E-state index in [4.69, 9.17) is 4.74 Å². The topological polar surface area (TPSA) is 59.4 Å². The Hall–Kier alpha value is -2.93. The molecule has 0 aliphatic carbocycles. The smallest absolute Gasteiger partial charge is 0.239 e. The number of para-hydroxylation sites is 1. The molecule has 2 aliphatic rings. The fourth-order valence-electron chi connectivity index (χ4n) is 4.74. The van der Waals surface area contributed by atoms with Gasteiger partial charge in [-0.15, -0.1) is 0 Å². The second-order valence-corrected chi connectivity index (χ2v) is 7.95. The third-order valence-corrected chi connectivity index (χ3v) is 6.23.